The van der Waals surface area contributed by atoms with Crippen LogP contribution in [-0.2, 0) is 10.0 Å². The summed E-state index contributed by atoms with van der Waals surface area (Å²) in [6.45, 7) is 6.24. The number of carbonyl (C=O) groups excluding carboxylic acids is 1. The molecule has 0 radical (unpaired) electrons. The van der Waals surface area contributed by atoms with Crippen LogP contribution in [0, 0.1) is 6.92 Å². The molecule has 3 rings (SSSR count). The van der Waals surface area contributed by atoms with Gasteiger partial charge in [-0.2, -0.15) is 4.31 Å². The van der Waals surface area contributed by atoms with Crippen molar-refractivity contribution in [3.8, 4) is 0 Å². The monoisotopic (exact) mass is 401 g/mol. The van der Waals surface area contributed by atoms with Gasteiger partial charge in [-0.15, -0.1) is 0 Å². The second-order valence-corrected chi connectivity index (χ2v) is 9.28. The predicted molar refractivity (Wildman–Crippen MR) is 110 cm³/mol. The van der Waals surface area contributed by atoms with Crippen molar-refractivity contribution in [2.45, 2.75) is 24.8 Å². The van der Waals surface area contributed by atoms with E-state index in [1.54, 1.807) is 18.2 Å². The van der Waals surface area contributed by atoms with Crippen LogP contribution in [0.1, 0.15) is 34.5 Å². The van der Waals surface area contributed by atoms with Crippen molar-refractivity contribution in [2.24, 2.45) is 0 Å². The fraction of sp³-hybridized carbons (Fsp3) is 0.381. The molecule has 1 heterocycles. The number of likely N-dealkylation sites (N-methyl/N-ethyl adjacent to an activating group) is 1. The summed E-state index contributed by atoms with van der Waals surface area (Å²) in [6, 6.07) is 14.1. The summed E-state index contributed by atoms with van der Waals surface area (Å²) in [4.78, 5) is 14.9. The first-order valence-electron chi connectivity index (χ1n) is 9.43. The number of piperazine rings is 1. The highest BCUT2D eigenvalue weighted by Gasteiger charge is 2.28. The first-order chi connectivity index (χ1) is 13.3. The molecule has 0 saturated carbocycles. The van der Waals surface area contributed by atoms with Crippen molar-refractivity contribution in [1.29, 1.82) is 0 Å². The number of benzene rings is 2. The summed E-state index contributed by atoms with van der Waals surface area (Å²) in [5, 5.41) is 2.94. The maximum absolute atomic E-state index is 12.9. The molecule has 1 N–H and O–H groups in total. The minimum absolute atomic E-state index is 0.160. The number of carbonyl (C=O) groups is 1. The highest BCUT2D eigenvalue weighted by molar-refractivity contribution is 7.89. The summed E-state index contributed by atoms with van der Waals surface area (Å²) in [6.07, 6.45) is 0. The zero-order valence-electron chi connectivity index (χ0n) is 16.6. The Bertz CT molecular complexity index is 934. The Hall–Kier alpha value is -2.22. The second kappa shape index (κ2) is 8.43. The summed E-state index contributed by atoms with van der Waals surface area (Å²) in [7, 11) is -1.62. The number of sulfonamides is 1. The van der Waals surface area contributed by atoms with E-state index >= 15 is 0 Å². The molecule has 2 aromatic carbocycles. The molecule has 1 atom stereocenters. The highest BCUT2D eigenvalue weighted by atomic mass is 32.2. The van der Waals surface area contributed by atoms with E-state index in [2.05, 4.69) is 10.2 Å². The van der Waals surface area contributed by atoms with Gasteiger partial charge < -0.3 is 10.2 Å². The molecule has 0 spiro atoms. The van der Waals surface area contributed by atoms with Crippen molar-refractivity contribution in [2.75, 3.05) is 33.2 Å². The lowest BCUT2D eigenvalue weighted by Crippen LogP contribution is -2.47. The van der Waals surface area contributed by atoms with E-state index < -0.39 is 10.0 Å². The maximum Gasteiger partial charge on any atom is 0.251 e. The van der Waals surface area contributed by atoms with Crippen LogP contribution in [0.3, 0.4) is 0 Å². The maximum atomic E-state index is 12.9. The summed E-state index contributed by atoms with van der Waals surface area (Å²) < 4.78 is 27.3. The molecule has 0 aromatic heterocycles. The third-order valence-electron chi connectivity index (χ3n) is 5.12. The van der Waals surface area contributed by atoms with Crippen LogP contribution in [0.5, 0.6) is 0 Å². The van der Waals surface area contributed by atoms with Gasteiger partial charge in [-0.3, -0.25) is 4.79 Å². The molecule has 0 aliphatic carbocycles. The van der Waals surface area contributed by atoms with Crippen LogP contribution in [0.2, 0.25) is 0 Å². The van der Waals surface area contributed by atoms with Crippen LogP contribution in [0.15, 0.2) is 53.4 Å². The minimum atomic E-state index is -3.60. The average molecular weight is 402 g/mol. The van der Waals surface area contributed by atoms with E-state index in [9.17, 15) is 13.2 Å². The predicted octanol–water partition coefficient (Wildman–Crippen LogP) is 2.42. The third-order valence-corrected chi connectivity index (χ3v) is 7.02. The SMILES string of the molecule is Cc1ccc(C(C)NC(=O)c2cccc(S(=O)(=O)N3CCN(C)CC3)c2)cc1. The van der Waals surface area contributed by atoms with Gasteiger partial charge in [0.15, 0.2) is 0 Å². The number of hydrogen-bond donors (Lipinski definition) is 1. The average Bonchev–Trinajstić information content (AvgIpc) is 2.69. The van der Waals surface area contributed by atoms with Gasteiger partial charge >= 0.3 is 0 Å². The van der Waals surface area contributed by atoms with E-state index in [1.807, 2.05) is 45.2 Å². The van der Waals surface area contributed by atoms with Crippen molar-refractivity contribution in [1.82, 2.24) is 14.5 Å². The van der Waals surface area contributed by atoms with Crippen molar-refractivity contribution in [3.05, 3.63) is 65.2 Å². The van der Waals surface area contributed by atoms with E-state index in [0.29, 0.717) is 31.7 Å². The van der Waals surface area contributed by atoms with Crippen LogP contribution in [0.4, 0.5) is 0 Å². The zero-order valence-corrected chi connectivity index (χ0v) is 17.4. The van der Waals surface area contributed by atoms with E-state index in [4.69, 9.17) is 0 Å². The Balaban J connectivity index is 1.75. The summed E-state index contributed by atoms with van der Waals surface area (Å²) in [5.74, 6) is -0.288. The minimum Gasteiger partial charge on any atom is -0.346 e. The van der Waals surface area contributed by atoms with Gasteiger partial charge in [0.1, 0.15) is 0 Å². The van der Waals surface area contributed by atoms with Crippen LogP contribution in [0.25, 0.3) is 0 Å². The molecule has 28 heavy (non-hydrogen) atoms. The van der Waals surface area contributed by atoms with Gasteiger partial charge in [-0.05, 0) is 44.7 Å². The molecule has 150 valence electrons. The molecular weight excluding hydrogens is 374 g/mol. The Kier molecular flexibility index (Phi) is 6.17. The fourth-order valence-electron chi connectivity index (χ4n) is 3.19. The molecule has 1 unspecified atom stereocenters. The molecule has 6 nitrogen and oxygen atoms in total. The topological polar surface area (TPSA) is 69.7 Å². The van der Waals surface area contributed by atoms with Crippen LogP contribution >= 0.6 is 0 Å². The second-order valence-electron chi connectivity index (χ2n) is 7.34. The molecule has 1 aliphatic heterocycles. The van der Waals surface area contributed by atoms with Gasteiger partial charge in [0.2, 0.25) is 10.0 Å². The first kappa shape index (κ1) is 20.5. The molecule has 1 fully saturated rings. The zero-order chi connectivity index (χ0) is 20.3. The number of aryl methyl sites for hydroxylation is 1. The smallest absolute Gasteiger partial charge is 0.251 e. The largest absolute Gasteiger partial charge is 0.346 e. The molecule has 0 bridgehead atoms. The lowest BCUT2D eigenvalue weighted by molar-refractivity contribution is 0.0939. The van der Waals surface area contributed by atoms with Crippen molar-refractivity contribution < 1.29 is 13.2 Å². The summed E-state index contributed by atoms with van der Waals surface area (Å²) >= 11 is 0. The Morgan fingerprint density at radius 1 is 1.04 bits per heavy atom. The van der Waals surface area contributed by atoms with Gasteiger partial charge in [0, 0.05) is 31.7 Å². The van der Waals surface area contributed by atoms with E-state index in [-0.39, 0.29) is 16.8 Å². The number of nitrogens with one attached hydrogen (secondary N) is 1. The highest BCUT2D eigenvalue weighted by Crippen LogP contribution is 2.20. The van der Waals surface area contributed by atoms with Gasteiger partial charge in [0.05, 0.1) is 10.9 Å². The normalized spacial score (nSPS) is 17.2. The lowest BCUT2D eigenvalue weighted by atomic mass is 10.1. The Morgan fingerprint density at radius 2 is 1.68 bits per heavy atom. The molecule has 1 aliphatic rings. The van der Waals surface area contributed by atoms with E-state index in [0.717, 1.165) is 11.1 Å². The van der Waals surface area contributed by atoms with Crippen molar-refractivity contribution >= 4 is 15.9 Å². The Morgan fingerprint density at radius 3 is 2.32 bits per heavy atom. The number of amides is 1. The first-order valence-corrected chi connectivity index (χ1v) is 10.9. The molecule has 2 aromatic rings. The lowest BCUT2D eigenvalue weighted by Gasteiger charge is -2.31. The molecule has 1 saturated heterocycles. The summed E-state index contributed by atoms with van der Waals surface area (Å²) in [5.41, 5.74) is 2.50. The van der Waals surface area contributed by atoms with Crippen LogP contribution < -0.4 is 5.32 Å². The van der Waals surface area contributed by atoms with Gasteiger partial charge in [-0.25, -0.2) is 8.42 Å². The molecular formula is C21H27N3O3S. The number of rotatable bonds is 5. The number of hydrogen-bond acceptors (Lipinski definition) is 4. The van der Waals surface area contributed by atoms with Gasteiger partial charge in [0.25, 0.3) is 5.91 Å². The Labute approximate surface area is 167 Å². The van der Waals surface area contributed by atoms with Crippen LogP contribution in [-0.4, -0.2) is 56.8 Å². The van der Waals surface area contributed by atoms with Crippen molar-refractivity contribution in [3.63, 3.8) is 0 Å². The fourth-order valence-corrected chi connectivity index (χ4v) is 4.66. The number of nitrogens with zero attached hydrogens (tertiary/aromatic N) is 2. The molecule has 1 amide bonds. The molecule has 7 heteroatoms. The van der Waals surface area contributed by atoms with E-state index in [1.165, 1.54) is 10.4 Å². The quantitative estimate of drug-likeness (QED) is 0.835. The third kappa shape index (κ3) is 4.60. The van der Waals surface area contributed by atoms with Gasteiger partial charge in [-0.1, -0.05) is 35.9 Å². The standard InChI is InChI=1S/C21H27N3O3S/c1-16-7-9-18(10-8-16)17(2)22-21(25)19-5-4-6-20(15-19)28(26,27)24-13-11-23(3)12-14-24/h4-10,15,17H,11-14H2,1-3H3,(H,22,25).